The Balaban J connectivity index is 1.87. The third kappa shape index (κ3) is 2.98. The Labute approximate surface area is 125 Å². The molecular formula is C17H24N2O2. The van der Waals surface area contributed by atoms with Crippen LogP contribution in [0.1, 0.15) is 24.1 Å². The Morgan fingerprint density at radius 3 is 2.86 bits per heavy atom. The van der Waals surface area contributed by atoms with E-state index in [1.54, 1.807) is 0 Å². The number of benzene rings is 1. The summed E-state index contributed by atoms with van der Waals surface area (Å²) in [5, 5.41) is 23.4. The van der Waals surface area contributed by atoms with Crippen molar-refractivity contribution in [3.63, 3.8) is 0 Å². The summed E-state index contributed by atoms with van der Waals surface area (Å²) in [7, 11) is 0. The van der Waals surface area contributed by atoms with Crippen molar-refractivity contribution >= 4 is 10.9 Å². The molecule has 4 nitrogen and oxygen atoms in total. The number of nitrogens with one attached hydrogen (secondary N) is 1. The summed E-state index contributed by atoms with van der Waals surface area (Å²) in [4.78, 5) is 0. The molecule has 3 N–H and O–H groups in total. The molecule has 1 heterocycles. The van der Waals surface area contributed by atoms with Gasteiger partial charge in [0.2, 0.25) is 0 Å². The maximum absolute atomic E-state index is 10.2. The van der Waals surface area contributed by atoms with Gasteiger partial charge in [-0.2, -0.15) is 0 Å². The average Bonchev–Trinajstić information content (AvgIpc) is 2.83. The second kappa shape index (κ2) is 6.60. The van der Waals surface area contributed by atoms with Crippen LogP contribution in [0.25, 0.3) is 10.9 Å². The van der Waals surface area contributed by atoms with Gasteiger partial charge in [0.15, 0.2) is 0 Å². The fourth-order valence-electron chi connectivity index (χ4n) is 3.42. The minimum atomic E-state index is -0.432. The number of aryl methyl sites for hydroxylation is 1. The summed E-state index contributed by atoms with van der Waals surface area (Å²) in [5.74, 6) is 0. The van der Waals surface area contributed by atoms with E-state index >= 15 is 0 Å². The van der Waals surface area contributed by atoms with E-state index in [0.717, 1.165) is 12.8 Å². The molecule has 0 saturated carbocycles. The predicted octanol–water partition coefficient (Wildman–Crippen LogP) is 1.46. The van der Waals surface area contributed by atoms with Crippen molar-refractivity contribution in [2.45, 2.75) is 38.3 Å². The van der Waals surface area contributed by atoms with Crippen LogP contribution in [0.4, 0.5) is 0 Å². The van der Waals surface area contributed by atoms with Crippen molar-refractivity contribution in [3.05, 3.63) is 35.5 Å². The van der Waals surface area contributed by atoms with Crippen LogP contribution < -0.4 is 5.32 Å². The van der Waals surface area contributed by atoms with Gasteiger partial charge in [-0.05, 0) is 37.3 Å². The Morgan fingerprint density at radius 1 is 1.19 bits per heavy atom. The predicted molar refractivity (Wildman–Crippen MR) is 84.5 cm³/mol. The number of rotatable bonds is 6. The highest BCUT2D eigenvalue weighted by atomic mass is 16.3. The standard InChI is InChI=1S/C17H24N2O2/c20-10-9-18-11-13(21)12-19-16-7-3-1-5-14(16)15-6-2-4-8-17(15)19/h1,3,5,7,13,18,20-21H,2,4,6,8-12H2. The number of aromatic nitrogens is 1. The van der Waals surface area contributed by atoms with Gasteiger partial charge < -0.3 is 20.1 Å². The van der Waals surface area contributed by atoms with E-state index in [4.69, 9.17) is 5.11 Å². The van der Waals surface area contributed by atoms with E-state index in [1.165, 1.54) is 35.0 Å². The molecule has 0 aliphatic heterocycles. The minimum Gasteiger partial charge on any atom is -0.395 e. The molecule has 1 aliphatic rings. The second-order valence-electron chi connectivity index (χ2n) is 5.84. The molecule has 1 atom stereocenters. The summed E-state index contributed by atoms with van der Waals surface area (Å²) in [5.41, 5.74) is 4.13. The van der Waals surface area contributed by atoms with Crippen LogP contribution in [0, 0.1) is 0 Å². The van der Waals surface area contributed by atoms with Gasteiger partial charge in [0.25, 0.3) is 0 Å². The van der Waals surface area contributed by atoms with E-state index in [2.05, 4.69) is 34.1 Å². The first-order chi connectivity index (χ1) is 10.3. The maximum Gasteiger partial charge on any atom is 0.0843 e. The van der Waals surface area contributed by atoms with Crippen LogP contribution in [-0.4, -0.2) is 40.6 Å². The van der Waals surface area contributed by atoms with Crippen LogP contribution in [0.5, 0.6) is 0 Å². The van der Waals surface area contributed by atoms with Crippen LogP contribution >= 0.6 is 0 Å². The zero-order valence-corrected chi connectivity index (χ0v) is 12.4. The number of aliphatic hydroxyl groups excluding tert-OH is 2. The molecule has 3 rings (SSSR count). The van der Waals surface area contributed by atoms with Crippen molar-refractivity contribution in [1.29, 1.82) is 0 Å². The Hall–Kier alpha value is -1.36. The van der Waals surface area contributed by atoms with Crippen LogP contribution in [0.3, 0.4) is 0 Å². The largest absolute Gasteiger partial charge is 0.395 e. The highest BCUT2D eigenvalue weighted by molar-refractivity contribution is 5.85. The lowest BCUT2D eigenvalue weighted by Gasteiger charge is -2.19. The molecule has 1 aromatic carbocycles. The number of para-hydroxylation sites is 1. The molecule has 114 valence electrons. The Morgan fingerprint density at radius 2 is 2.00 bits per heavy atom. The van der Waals surface area contributed by atoms with Gasteiger partial charge in [-0.25, -0.2) is 0 Å². The molecule has 0 bridgehead atoms. The lowest BCUT2D eigenvalue weighted by Crippen LogP contribution is -2.32. The van der Waals surface area contributed by atoms with E-state index < -0.39 is 6.10 Å². The molecule has 1 aromatic heterocycles. The summed E-state index contributed by atoms with van der Waals surface area (Å²) in [6, 6.07) is 8.52. The molecule has 0 amide bonds. The van der Waals surface area contributed by atoms with Gasteiger partial charge in [-0.3, -0.25) is 0 Å². The molecule has 0 saturated heterocycles. The second-order valence-corrected chi connectivity index (χ2v) is 5.84. The van der Waals surface area contributed by atoms with E-state index in [9.17, 15) is 5.11 Å². The highest BCUT2D eigenvalue weighted by Crippen LogP contribution is 2.32. The molecule has 4 heteroatoms. The van der Waals surface area contributed by atoms with Gasteiger partial charge in [0.05, 0.1) is 19.3 Å². The van der Waals surface area contributed by atoms with Gasteiger partial charge in [0, 0.05) is 29.7 Å². The summed E-state index contributed by atoms with van der Waals surface area (Å²) in [6.07, 6.45) is 4.34. The number of fused-ring (bicyclic) bond motifs is 3. The molecule has 0 spiro atoms. The monoisotopic (exact) mass is 288 g/mol. The molecule has 1 unspecified atom stereocenters. The first-order valence-electron chi connectivity index (χ1n) is 7.90. The Kier molecular flexibility index (Phi) is 4.58. The highest BCUT2D eigenvalue weighted by Gasteiger charge is 2.20. The maximum atomic E-state index is 10.2. The molecule has 0 fully saturated rings. The summed E-state index contributed by atoms with van der Waals surface area (Å²) in [6.45, 7) is 1.77. The zero-order valence-electron chi connectivity index (χ0n) is 12.4. The Bertz CT molecular complexity index is 606. The van der Waals surface area contributed by atoms with E-state index in [0.29, 0.717) is 19.6 Å². The average molecular weight is 288 g/mol. The van der Waals surface area contributed by atoms with Gasteiger partial charge >= 0.3 is 0 Å². The smallest absolute Gasteiger partial charge is 0.0843 e. The molecule has 2 aromatic rings. The van der Waals surface area contributed by atoms with Crippen molar-refractivity contribution in [2.24, 2.45) is 0 Å². The quantitative estimate of drug-likeness (QED) is 0.705. The van der Waals surface area contributed by atoms with Crippen LogP contribution in [0.2, 0.25) is 0 Å². The third-order valence-electron chi connectivity index (χ3n) is 4.35. The van der Waals surface area contributed by atoms with Crippen molar-refractivity contribution in [3.8, 4) is 0 Å². The van der Waals surface area contributed by atoms with Crippen LogP contribution in [0.15, 0.2) is 24.3 Å². The fraction of sp³-hybridized carbons (Fsp3) is 0.529. The van der Waals surface area contributed by atoms with E-state index in [-0.39, 0.29) is 6.61 Å². The van der Waals surface area contributed by atoms with Crippen molar-refractivity contribution in [2.75, 3.05) is 19.7 Å². The molecule has 21 heavy (non-hydrogen) atoms. The SMILES string of the molecule is OCCNCC(O)Cn1c2c(c3ccccc31)CCCC2. The number of nitrogens with zero attached hydrogens (tertiary/aromatic N) is 1. The first-order valence-corrected chi connectivity index (χ1v) is 7.90. The van der Waals surface area contributed by atoms with Gasteiger partial charge in [0.1, 0.15) is 0 Å². The first kappa shape index (κ1) is 14.6. The molecular weight excluding hydrogens is 264 g/mol. The lowest BCUT2D eigenvalue weighted by molar-refractivity contribution is 0.149. The van der Waals surface area contributed by atoms with Crippen molar-refractivity contribution in [1.82, 2.24) is 9.88 Å². The molecule has 0 radical (unpaired) electrons. The van der Waals surface area contributed by atoms with Crippen LogP contribution in [-0.2, 0) is 19.4 Å². The summed E-state index contributed by atoms with van der Waals surface area (Å²) >= 11 is 0. The number of hydrogen-bond acceptors (Lipinski definition) is 3. The van der Waals surface area contributed by atoms with E-state index in [1.807, 2.05) is 0 Å². The minimum absolute atomic E-state index is 0.106. The number of aliphatic hydroxyl groups is 2. The lowest BCUT2D eigenvalue weighted by atomic mass is 9.95. The zero-order chi connectivity index (χ0) is 14.7. The fourth-order valence-corrected chi connectivity index (χ4v) is 3.42. The summed E-state index contributed by atoms with van der Waals surface area (Å²) < 4.78 is 2.30. The normalized spacial score (nSPS) is 16.1. The topological polar surface area (TPSA) is 57.4 Å². The third-order valence-corrected chi connectivity index (χ3v) is 4.35. The van der Waals surface area contributed by atoms with Gasteiger partial charge in [-0.1, -0.05) is 18.2 Å². The number of hydrogen-bond donors (Lipinski definition) is 3. The van der Waals surface area contributed by atoms with Gasteiger partial charge in [-0.15, -0.1) is 0 Å². The molecule has 1 aliphatic carbocycles. The van der Waals surface area contributed by atoms with Crippen molar-refractivity contribution < 1.29 is 10.2 Å².